The minimum atomic E-state index is 0.884. The summed E-state index contributed by atoms with van der Waals surface area (Å²) in [5.74, 6) is 0. The first-order valence-corrected chi connectivity index (χ1v) is 20.5. The Morgan fingerprint density at radius 1 is 0.357 bits per heavy atom. The van der Waals surface area contributed by atoms with E-state index in [1.54, 1.807) is 0 Å². The van der Waals surface area contributed by atoms with E-state index in [2.05, 4.69) is 193 Å². The second-order valence-electron chi connectivity index (χ2n) is 14.5. The normalized spacial score (nSPS) is 11.9. The highest BCUT2D eigenvalue weighted by Gasteiger charge is 2.21. The van der Waals surface area contributed by atoms with Crippen LogP contribution in [0.25, 0.3) is 95.3 Å². The molecule has 0 saturated heterocycles. The molecule has 0 saturated carbocycles. The lowest BCUT2D eigenvalue weighted by Crippen LogP contribution is -2.11. The molecule has 0 aliphatic rings. The molecular weight excluding hydrogens is 719 g/mol. The number of thiophene rings is 2. The molecule has 0 aliphatic heterocycles. The predicted octanol–water partition coefficient (Wildman–Crippen LogP) is 16.3. The van der Waals surface area contributed by atoms with Gasteiger partial charge in [0.15, 0.2) is 0 Å². The van der Waals surface area contributed by atoms with Crippen molar-refractivity contribution >= 4 is 113 Å². The fourth-order valence-electron chi connectivity index (χ4n) is 8.63. The molecule has 9 aromatic carbocycles. The zero-order chi connectivity index (χ0) is 36.7. The van der Waals surface area contributed by atoms with E-state index >= 15 is 0 Å². The summed E-state index contributed by atoms with van der Waals surface area (Å²) in [6, 6.07) is 68.5. The van der Waals surface area contributed by atoms with Gasteiger partial charge in [-0.1, -0.05) is 115 Å². The molecule has 0 amide bonds. The van der Waals surface area contributed by atoms with Gasteiger partial charge in [0.25, 0.3) is 0 Å². The van der Waals surface area contributed by atoms with E-state index in [4.69, 9.17) is 4.42 Å². The van der Waals surface area contributed by atoms with Crippen molar-refractivity contribution in [1.29, 1.82) is 0 Å². The molecular formula is C52H31NOS2. The van der Waals surface area contributed by atoms with Gasteiger partial charge in [0, 0.05) is 68.1 Å². The maximum absolute atomic E-state index is 6.48. The van der Waals surface area contributed by atoms with Crippen LogP contribution >= 0.6 is 22.7 Å². The van der Waals surface area contributed by atoms with Crippen LogP contribution in [0.5, 0.6) is 0 Å². The molecule has 0 radical (unpaired) electrons. The van der Waals surface area contributed by atoms with Crippen molar-refractivity contribution in [2.75, 3.05) is 4.90 Å². The van der Waals surface area contributed by atoms with E-state index in [0.717, 1.165) is 39.0 Å². The molecule has 262 valence electrons. The van der Waals surface area contributed by atoms with E-state index < -0.39 is 0 Å². The maximum atomic E-state index is 6.48. The molecule has 3 aromatic heterocycles. The van der Waals surface area contributed by atoms with Gasteiger partial charge >= 0.3 is 0 Å². The van der Waals surface area contributed by atoms with Crippen molar-refractivity contribution in [3.05, 3.63) is 188 Å². The molecule has 3 heterocycles. The number of fused-ring (bicyclic) bond motifs is 10. The number of hydrogen-bond acceptors (Lipinski definition) is 4. The summed E-state index contributed by atoms with van der Waals surface area (Å²) >= 11 is 3.74. The molecule has 4 heteroatoms. The summed E-state index contributed by atoms with van der Waals surface area (Å²) in [4.78, 5) is 2.43. The Morgan fingerprint density at radius 2 is 1.02 bits per heavy atom. The van der Waals surface area contributed by atoms with Crippen molar-refractivity contribution in [3.8, 4) is 22.3 Å². The highest BCUT2D eigenvalue weighted by Crippen LogP contribution is 2.47. The van der Waals surface area contributed by atoms with E-state index in [-0.39, 0.29) is 0 Å². The van der Waals surface area contributed by atoms with Gasteiger partial charge in [-0.3, -0.25) is 0 Å². The van der Waals surface area contributed by atoms with Crippen molar-refractivity contribution in [2.24, 2.45) is 0 Å². The molecule has 12 rings (SSSR count). The van der Waals surface area contributed by atoms with Crippen LogP contribution in [0.1, 0.15) is 0 Å². The Labute approximate surface area is 330 Å². The lowest BCUT2D eigenvalue weighted by molar-refractivity contribution is 0.669. The number of anilines is 3. The summed E-state index contributed by atoms with van der Waals surface area (Å²) in [6.07, 6.45) is 0. The lowest BCUT2D eigenvalue weighted by atomic mass is 9.98. The average Bonchev–Trinajstić information content (AvgIpc) is 3.94. The zero-order valence-corrected chi connectivity index (χ0v) is 31.7. The Hall–Kier alpha value is -6.72. The third-order valence-corrected chi connectivity index (χ3v) is 13.5. The number of para-hydroxylation sites is 1. The van der Waals surface area contributed by atoms with Gasteiger partial charge in [-0.2, -0.15) is 0 Å². The standard InChI is InChI=1S/C52H31NOS2/c1-2-11-32(12-3-1)38-15-6-8-18-45(38)53(36-22-25-46-43(30-36)42-27-33-13-4-5-14-34(33)28-47(42)54-46)37-23-26-49-44(31-37)52-39(17-10-20-50(52)55-49)35-21-24-41-40-16-7-9-19-48(40)56-51(41)29-35/h1-31H. The Kier molecular flexibility index (Phi) is 7.00. The van der Waals surface area contributed by atoms with Gasteiger partial charge in [-0.25, -0.2) is 0 Å². The minimum Gasteiger partial charge on any atom is -0.456 e. The molecule has 0 atom stereocenters. The first kappa shape index (κ1) is 31.6. The van der Waals surface area contributed by atoms with Gasteiger partial charge in [0.05, 0.1) is 5.69 Å². The number of hydrogen-bond donors (Lipinski definition) is 0. The average molecular weight is 750 g/mol. The van der Waals surface area contributed by atoms with E-state index in [9.17, 15) is 0 Å². The van der Waals surface area contributed by atoms with Crippen LogP contribution in [-0.2, 0) is 0 Å². The van der Waals surface area contributed by atoms with Gasteiger partial charge in [-0.05, 0) is 100 Å². The van der Waals surface area contributed by atoms with E-state index in [1.165, 1.54) is 73.4 Å². The van der Waals surface area contributed by atoms with Crippen LogP contribution in [0.15, 0.2) is 192 Å². The van der Waals surface area contributed by atoms with Crippen LogP contribution < -0.4 is 4.90 Å². The molecule has 2 nitrogen and oxygen atoms in total. The minimum absolute atomic E-state index is 0.884. The number of rotatable bonds is 5. The smallest absolute Gasteiger partial charge is 0.136 e. The second-order valence-corrected chi connectivity index (χ2v) is 16.6. The summed E-state index contributed by atoms with van der Waals surface area (Å²) in [5.41, 5.74) is 9.94. The largest absolute Gasteiger partial charge is 0.456 e. The molecule has 0 unspecified atom stereocenters. The summed E-state index contributed by atoms with van der Waals surface area (Å²) in [6.45, 7) is 0. The summed E-state index contributed by atoms with van der Waals surface area (Å²) < 4.78 is 11.7. The monoisotopic (exact) mass is 749 g/mol. The quantitative estimate of drug-likeness (QED) is 0.174. The van der Waals surface area contributed by atoms with Crippen molar-refractivity contribution in [3.63, 3.8) is 0 Å². The highest BCUT2D eigenvalue weighted by molar-refractivity contribution is 7.26. The number of furan rings is 1. The molecule has 0 aliphatic carbocycles. The van der Waals surface area contributed by atoms with E-state index in [0.29, 0.717) is 0 Å². The van der Waals surface area contributed by atoms with Gasteiger partial charge < -0.3 is 9.32 Å². The first-order chi connectivity index (χ1) is 27.7. The molecule has 12 aromatic rings. The lowest BCUT2D eigenvalue weighted by Gasteiger charge is -2.28. The zero-order valence-electron chi connectivity index (χ0n) is 30.1. The topological polar surface area (TPSA) is 16.4 Å². The summed E-state index contributed by atoms with van der Waals surface area (Å²) in [7, 11) is 0. The molecule has 0 spiro atoms. The fraction of sp³-hybridized carbons (Fsp3) is 0. The number of nitrogens with zero attached hydrogens (tertiary/aromatic N) is 1. The molecule has 0 N–H and O–H groups in total. The fourth-order valence-corrected chi connectivity index (χ4v) is 10.9. The van der Waals surface area contributed by atoms with Crippen LogP contribution in [0.3, 0.4) is 0 Å². The molecule has 0 bridgehead atoms. The van der Waals surface area contributed by atoms with Crippen LogP contribution in [0.2, 0.25) is 0 Å². The number of benzene rings is 9. The third kappa shape index (κ3) is 4.93. The van der Waals surface area contributed by atoms with Crippen LogP contribution in [0.4, 0.5) is 17.1 Å². The van der Waals surface area contributed by atoms with Crippen LogP contribution in [0, 0.1) is 0 Å². The maximum Gasteiger partial charge on any atom is 0.136 e. The van der Waals surface area contributed by atoms with E-state index in [1.807, 2.05) is 22.7 Å². The van der Waals surface area contributed by atoms with Crippen molar-refractivity contribution < 1.29 is 4.42 Å². The Balaban J connectivity index is 1.09. The predicted molar refractivity (Wildman–Crippen MR) is 243 cm³/mol. The van der Waals surface area contributed by atoms with Gasteiger partial charge in [0.1, 0.15) is 11.2 Å². The van der Waals surface area contributed by atoms with Crippen molar-refractivity contribution in [2.45, 2.75) is 0 Å². The SMILES string of the molecule is c1ccc(-c2ccccc2N(c2ccc3oc4cc5ccccc5cc4c3c2)c2ccc3sc4cccc(-c5ccc6c(c5)sc5ccccc56)c4c3c2)cc1. The summed E-state index contributed by atoms with van der Waals surface area (Å²) in [5, 5.41) is 9.82. The molecule has 0 fully saturated rings. The highest BCUT2D eigenvalue weighted by atomic mass is 32.1. The van der Waals surface area contributed by atoms with Gasteiger partial charge in [0.2, 0.25) is 0 Å². The second kappa shape index (κ2) is 12.4. The van der Waals surface area contributed by atoms with Crippen molar-refractivity contribution in [1.82, 2.24) is 0 Å². The third-order valence-electron chi connectivity index (χ3n) is 11.2. The first-order valence-electron chi connectivity index (χ1n) is 18.9. The van der Waals surface area contributed by atoms with Gasteiger partial charge in [-0.15, -0.1) is 22.7 Å². The van der Waals surface area contributed by atoms with Crippen LogP contribution in [-0.4, -0.2) is 0 Å². The Bertz CT molecular complexity index is 3500. The Morgan fingerprint density at radius 3 is 1.93 bits per heavy atom. The molecule has 56 heavy (non-hydrogen) atoms.